The van der Waals surface area contributed by atoms with Crippen molar-refractivity contribution in [3.05, 3.63) is 57.9 Å². The van der Waals surface area contributed by atoms with E-state index in [1.54, 1.807) is 6.92 Å². The molecule has 0 unspecified atom stereocenters. The molecule has 1 aliphatic heterocycles. The molecule has 0 atom stereocenters. The minimum absolute atomic E-state index is 0.0548. The largest absolute Gasteiger partial charge is 0.504 e. The van der Waals surface area contributed by atoms with E-state index in [1.165, 1.54) is 36.3 Å². The number of benzene rings is 1. The highest BCUT2D eigenvalue weighted by atomic mass is 35.5. The lowest BCUT2D eigenvalue weighted by Gasteiger charge is -2.27. The molecule has 0 saturated heterocycles. The van der Waals surface area contributed by atoms with Gasteiger partial charge in [-0.05, 0) is 24.6 Å². The van der Waals surface area contributed by atoms with E-state index in [-0.39, 0.29) is 28.5 Å². The maximum atomic E-state index is 14.0. The Kier molecular flexibility index (Phi) is 5.09. The standard InChI is InChI=1S/C18H16ClF3N2O3S/c1-3-24(2)15-12(19)7-6-11(13(15)18(20,21)22)17-16(25)14-10(5-4-8-23-14)9-28(17,26)27/h4-8,25H,3,9H2,1-2H3. The van der Waals surface area contributed by atoms with Crippen molar-refractivity contribution in [2.75, 3.05) is 18.5 Å². The lowest BCUT2D eigenvalue weighted by Crippen LogP contribution is -2.24. The molecule has 0 bridgehead atoms. The van der Waals surface area contributed by atoms with E-state index in [9.17, 15) is 26.7 Å². The van der Waals surface area contributed by atoms with Crippen molar-refractivity contribution in [3.63, 3.8) is 0 Å². The van der Waals surface area contributed by atoms with Crippen LogP contribution in [-0.4, -0.2) is 32.1 Å². The quantitative estimate of drug-likeness (QED) is 0.772. The van der Waals surface area contributed by atoms with Gasteiger partial charge in [-0.25, -0.2) is 8.42 Å². The van der Waals surface area contributed by atoms with Gasteiger partial charge in [0.25, 0.3) is 0 Å². The van der Waals surface area contributed by atoms with Crippen molar-refractivity contribution in [2.45, 2.75) is 18.9 Å². The summed E-state index contributed by atoms with van der Waals surface area (Å²) in [6.07, 6.45) is -3.58. The van der Waals surface area contributed by atoms with Crippen molar-refractivity contribution in [1.29, 1.82) is 0 Å². The van der Waals surface area contributed by atoms with Crippen molar-refractivity contribution in [1.82, 2.24) is 4.98 Å². The number of nitrogens with zero attached hydrogens (tertiary/aromatic N) is 2. The number of aliphatic hydroxyl groups is 1. The molecule has 1 N–H and O–H groups in total. The Morgan fingerprint density at radius 3 is 2.57 bits per heavy atom. The molecule has 0 radical (unpaired) electrons. The summed E-state index contributed by atoms with van der Waals surface area (Å²) >= 11 is 6.03. The molecule has 1 aliphatic rings. The molecule has 0 aliphatic carbocycles. The number of alkyl halides is 3. The summed E-state index contributed by atoms with van der Waals surface area (Å²) in [5.74, 6) is -1.37. The monoisotopic (exact) mass is 432 g/mol. The lowest BCUT2D eigenvalue weighted by molar-refractivity contribution is -0.137. The normalized spacial score (nSPS) is 16.1. The first-order valence-electron chi connectivity index (χ1n) is 8.20. The summed E-state index contributed by atoms with van der Waals surface area (Å²) < 4.78 is 67.7. The zero-order chi connectivity index (χ0) is 20.9. The fourth-order valence-corrected chi connectivity index (χ4v) is 5.15. The second kappa shape index (κ2) is 6.97. The van der Waals surface area contributed by atoms with E-state index in [2.05, 4.69) is 4.98 Å². The molecule has 1 aromatic carbocycles. The number of anilines is 1. The number of rotatable bonds is 3. The number of sulfone groups is 1. The van der Waals surface area contributed by atoms with E-state index in [0.29, 0.717) is 0 Å². The Balaban J connectivity index is 2.44. The van der Waals surface area contributed by atoms with Crippen LogP contribution in [0.3, 0.4) is 0 Å². The van der Waals surface area contributed by atoms with Gasteiger partial charge in [-0.15, -0.1) is 0 Å². The van der Waals surface area contributed by atoms with Gasteiger partial charge in [-0.1, -0.05) is 23.7 Å². The third-order valence-electron chi connectivity index (χ3n) is 4.50. The molecule has 0 amide bonds. The van der Waals surface area contributed by atoms with Crippen LogP contribution in [0, 0.1) is 0 Å². The van der Waals surface area contributed by atoms with Crippen LogP contribution in [0.25, 0.3) is 10.7 Å². The fourth-order valence-electron chi connectivity index (χ4n) is 3.17. The highest BCUT2D eigenvalue weighted by molar-refractivity contribution is 8.00. The van der Waals surface area contributed by atoms with Gasteiger partial charge < -0.3 is 10.0 Å². The number of halogens is 4. The summed E-state index contributed by atoms with van der Waals surface area (Å²) in [6, 6.07) is 5.10. The van der Waals surface area contributed by atoms with Crippen molar-refractivity contribution in [2.24, 2.45) is 0 Å². The minimum atomic E-state index is -4.91. The van der Waals surface area contributed by atoms with Crippen LogP contribution in [0.5, 0.6) is 0 Å². The Morgan fingerprint density at radius 2 is 1.96 bits per heavy atom. The second-order valence-corrected chi connectivity index (χ2v) is 8.61. The van der Waals surface area contributed by atoms with Gasteiger partial charge in [0.05, 0.1) is 22.0 Å². The number of pyridine rings is 1. The molecule has 28 heavy (non-hydrogen) atoms. The molecule has 150 valence electrons. The predicted octanol–water partition coefficient (Wildman–Crippen LogP) is 4.52. The van der Waals surface area contributed by atoms with Crippen molar-refractivity contribution < 1.29 is 26.7 Å². The van der Waals surface area contributed by atoms with Gasteiger partial charge in [0, 0.05) is 25.4 Å². The molecule has 0 spiro atoms. The molecule has 2 heterocycles. The summed E-state index contributed by atoms with van der Waals surface area (Å²) in [6.45, 7) is 1.84. The van der Waals surface area contributed by atoms with E-state index >= 15 is 0 Å². The fraction of sp³-hybridized carbons (Fsp3) is 0.278. The average Bonchev–Trinajstić information content (AvgIpc) is 2.60. The van der Waals surface area contributed by atoms with Crippen LogP contribution in [0.4, 0.5) is 18.9 Å². The van der Waals surface area contributed by atoms with Crippen LogP contribution in [0.1, 0.15) is 29.3 Å². The smallest absolute Gasteiger partial charge is 0.419 e. The molecule has 10 heteroatoms. The van der Waals surface area contributed by atoms with Crippen LogP contribution in [0.2, 0.25) is 5.02 Å². The molecular formula is C18H16ClF3N2O3S. The first-order chi connectivity index (χ1) is 13.0. The van der Waals surface area contributed by atoms with Gasteiger partial charge >= 0.3 is 6.18 Å². The van der Waals surface area contributed by atoms with E-state index < -0.39 is 43.6 Å². The lowest BCUT2D eigenvalue weighted by atomic mass is 10.0. The molecule has 2 aromatic rings. The zero-order valence-corrected chi connectivity index (χ0v) is 16.5. The summed E-state index contributed by atoms with van der Waals surface area (Å²) in [5.41, 5.74) is -2.05. The molecule has 0 saturated carbocycles. The summed E-state index contributed by atoms with van der Waals surface area (Å²) in [5, 5.41) is 10.4. The SMILES string of the molecule is CCN(C)c1c(Cl)ccc(C2=C(O)c3ncccc3CS2(=O)=O)c1C(F)(F)F. The van der Waals surface area contributed by atoms with Crippen molar-refractivity contribution >= 4 is 37.8 Å². The Hall–Kier alpha value is -2.26. The van der Waals surface area contributed by atoms with Crippen LogP contribution in [-0.2, 0) is 21.8 Å². The van der Waals surface area contributed by atoms with Gasteiger partial charge in [0.15, 0.2) is 15.6 Å². The van der Waals surface area contributed by atoms with Gasteiger partial charge in [-0.3, -0.25) is 4.98 Å². The summed E-state index contributed by atoms with van der Waals surface area (Å²) in [4.78, 5) is 4.41. The number of hydrogen-bond donors (Lipinski definition) is 1. The Bertz CT molecular complexity index is 1080. The minimum Gasteiger partial charge on any atom is -0.504 e. The molecule has 3 rings (SSSR count). The molecular weight excluding hydrogens is 417 g/mol. The van der Waals surface area contributed by atoms with Crippen molar-refractivity contribution in [3.8, 4) is 0 Å². The van der Waals surface area contributed by atoms with Gasteiger partial charge in [0.2, 0.25) is 0 Å². The Morgan fingerprint density at radius 1 is 1.29 bits per heavy atom. The summed E-state index contributed by atoms with van der Waals surface area (Å²) in [7, 11) is -2.84. The maximum Gasteiger partial charge on any atom is 0.419 e. The van der Waals surface area contributed by atoms with E-state index in [4.69, 9.17) is 11.6 Å². The van der Waals surface area contributed by atoms with E-state index in [0.717, 1.165) is 6.07 Å². The molecule has 1 aromatic heterocycles. The number of hydrogen-bond acceptors (Lipinski definition) is 5. The van der Waals surface area contributed by atoms with Crippen LogP contribution < -0.4 is 4.90 Å². The number of aliphatic hydroxyl groups excluding tert-OH is 1. The Labute approximate surface area is 165 Å². The number of aromatic nitrogens is 1. The zero-order valence-electron chi connectivity index (χ0n) is 14.9. The van der Waals surface area contributed by atoms with E-state index in [1.807, 2.05) is 0 Å². The van der Waals surface area contributed by atoms with Gasteiger partial charge in [0.1, 0.15) is 10.6 Å². The van der Waals surface area contributed by atoms with Crippen LogP contribution in [0.15, 0.2) is 30.5 Å². The highest BCUT2D eigenvalue weighted by Gasteiger charge is 2.43. The maximum absolute atomic E-state index is 14.0. The van der Waals surface area contributed by atoms with Gasteiger partial charge in [-0.2, -0.15) is 13.2 Å². The first-order valence-corrected chi connectivity index (χ1v) is 10.2. The van der Waals surface area contributed by atoms with Crippen LogP contribution >= 0.6 is 11.6 Å². The number of fused-ring (bicyclic) bond motifs is 1. The predicted molar refractivity (Wildman–Crippen MR) is 102 cm³/mol. The topological polar surface area (TPSA) is 70.5 Å². The molecule has 5 nitrogen and oxygen atoms in total. The first kappa shape index (κ1) is 20.5. The highest BCUT2D eigenvalue weighted by Crippen LogP contribution is 2.48. The molecule has 0 fully saturated rings. The average molecular weight is 433 g/mol. The third kappa shape index (κ3) is 3.33. The second-order valence-electron chi connectivity index (χ2n) is 6.28. The third-order valence-corrected chi connectivity index (χ3v) is 6.53.